The van der Waals surface area contributed by atoms with Gasteiger partial charge >= 0.3 is 6.09 Å². The molecule has 1 amide bonds. The molecule has 72 valence electrons. The van der Waals surface area contributed by atoms with E-state index in [9.17, 15) is 4.79 Å². The highest BCUT2D eigenvalue weighted by molar-refractivity contribution is 5.85. The molecule has 0 unspecified atom stereocenters. The lowest BCUT2D eigenvalue weighted by Crippen LogP contribution is -2.21. The average molecular weight is 202 g/mol. The molecule has 0 radical (unpaired) electrons. The summed E-state index contributed by atoms with van der Waals surface area (Å²) in [5.41, 5.74) is 1.14. The minimum absolute atomic E-state index is 0. The number of carbonyl (C=O) groups excluding carboxylic acids is 1. The van der Waals surface area contributed by atoms with Crippen molar-refractivity contribution in [2.45, 2.75) is 6.92 Å². The first-order valence-corrected chi connectivity index (χ1v) is 3.68. The number of halogens is 1. The lowest BCUT2D eigenvalue weighted by Gasteiger charge is -2.02. The predicted octanol–water partition coefficient (Wildman–Crippen LogP) is 2.14. The fourth-order valence-corrected chi connectivity index (χ4v) is 0.764. The normalized spacial score (nSPS) is 8.46. The van der Waals surface area contributed by atoms with Crippen LogP contribution >= 0.6 is 12.4 Å². The highest BCUT2D eigenvalue weighted by Crippen LogP contribution is 2.10. The summed E-state index contributed by atoms with van der Waals surface area (Å²) < 4.78 is 4.87. The number of nitrogens with one attached hydrogen (secondary N) is 1. The molecule has 0 atom stereocenters. The molecule has 0 heterocycles. The zero-order valence-corrected chi connectivity index (χ0v) is 8.35. The molecule has 0 aliphatic rings. The third-order valence-corrected chi connectivity index (χ3v) is 1.44. The zero-order valence-electron chi connectivity index (χ0n) is 7.53. The van der Waals surface area contributed by atoms with Crippen LogP contribution in [0.3, 0.4) is 0 Å². The number of benzene rings is 1. The fraction of sp³-hybridized carbons (Fsp3) is 0.222. The van der Waals surface area contributed by atoms with Crippen molar-refractivity contribution in [2.24, 2.45) is 0 Å². The van der Waals surface area contributed by atoms with Crippen molar-refractivity contribution in [3.05, 3.63) is 29.8 Å². The van der Waals surface area contributed by atoms with Gasteiger partial charge in [-0.3, -0.25) is 0 Å². The molecule has 0 spiro atoms. The van der Waals surface area contributed by atoms with E-state index in [4.69, 9.17) is 4.74 Å². The summed E-state index contributed by atoms with van der Waals surface area (Å²) in [5, 5.41) is 2.37. The van der Waals surface area contributed by atoms with Gasteiger partial charge in [-0.2, -0.15) is 0 Å². The smallest absolute Gasteiger partial charge is 0.410 e. The monoisotopic (exact) mass is 201 g/mol. The molecule has 0 aliphatic heterocycles. The van der Waals surface area contributed by atoms with Crippen molar-refractivity contribution in [2.75, 3.05) is 7.05 Å². The topological polar surface area (TPSA) is 38.3 Å². The third kappa shape index (κ3) is 3.80. The zero-order chi connectivity index (χ0) is 8.97. The molecule has 1 rings (SSSR count). The van der Waals surface area contributed by atoms with Crippen molar-refractivity contribution in [1.29, 1.82) is 0 Å². The van der Waals surface area contributed by atoms with E-state index < -0.39 is 6.09 Å². The van der Waals surface area contributed by atoms with E-state index in [0.717, 1.165) is 5.56 Å². The SMILES string of the molecule is CNC(=O)Oc1ccc(C)cc1.Cl. The summed E-state index contributed by atoms with van der Waals surface area (Å²) in [4.78, 5) is 10.7. The first-order chi connectivity index (χ1) is 5.72. The quantitative estimate of drug-likeness (QED) is 0.756. The van der Waals surface area contributed by atoms with Crippen LogP contribution in [-0.4, -0.2) is 13.1 Å². The van der Waals surface area contributed by atoms with Gasteiger partial charge in [-0.15, -0.1) is 12.4 Å². The molecule has 0 saturated heterocycles. The highest BCUT2D eigenvalue weighted by Gasteiger charge is 1.98. The van der Waals surface area contributed by atoms with Crippen LogP contribution in [0, 0.1) is 6.92 Å². The second-order valence-corrected chi connectivity index (χ2v) is 2.45. The Kier molecular flexibility index (Phi) is 4.92. The summed E-state index contributed by atoms with van der Waals surface area (Å²) in [7, 11) is 1.52. The van der Waals surface area contributed by atoms with Crippen molar-refractivity contribution >= 4 is 18.5 Å². The molecular weight excluding hydrogens is 190 g/mol. The minimum Gasteiger partial charge on any atom is -0.410 e. The van der Waals surface area contributed by atoms with E-state index in [2.05, 4.69) is 5.32 Å². The van der Waals surface area contributed by atoms with E-state index in [1.807, 2.05) is 19.1 Å². The van der Waals surface area contributed by atoms with Gasteiger partial charge in [0.05, 0.1) is 0 Å². The van der Waals surface area contributed by atoms with Crippen molar-refractivity contribution < 1.29 is 9.53 Å². The number of carbonyl (C=O) groups is 1. The minimum atomic E-state index is -0.446. The van der Waals surface area contributed by atoms with Gasteiger partial charge < -0.3 is 10.1 Å². The molecule has 0 aromatic heterocycles. The summed E-state index contributed by atoms with van der Waals surface area (Å²) in [6.07, 6.45) is -0.446. The molecule has 4 heteroatoms. The number of amides is 1. The van der Waals surface area contributed by atoms with Gasteiger partial charge in [0.15, 0.2) is 0 Å². The Bertz CT molecular complexity index is 271. The molecule has 0 saturated carbocycles. The standard InChI is InChI=1S/C9H11NO2.ClH/c1-7-3-5-8(6-4-7)12-9(11)10-2;/h3-6H,1-2H3,(H,10,11);1H. The Morgan fingerprint density at radius 2 is 1.85 bits per heavy atom. The molecule has 13 heavy (non-hydrogen) atoms. The first kappa shape index (κ1) is 11.8. The largest absolute Gasteiger partial charge is 0.412 e. The molecule has 0 fully saturated rings. The summed E-state index contributed by atoms with van der Waals surface area (Å²) in [5.74, 6) is 0.556. The molecule has 1 aromatic rings. The van der Waals surface area contributed by atoms with Gasteiger partial charge in [-0.05, 0) is 19.1 Å². The van der Waals surface area contributed by atoms with Crippen LogP contribution < -0.4 is 10.1 Å². The molecule has 1 N–H and O–H groups in total. The summed E-state index contributed by atoms with van der Waals surface area (Å²) in [6, 6.07) is 7.28. The Morgan fingerprint density at radius 3 is 2.31 bits per heavy atom. The van der Waals surface area contributed by atoms with E-state index in [1.165, 1.54) is 7.05 Å². The maximum atomic E-state index is 10.7. The molecule has 3 nitrogen and oxygen atoms in total. The maximum absolute atomic E-state index is 10.7. The number of hydrogen-bond acceptors (Lipinski definition) is 2. The second kappa shape index (κ2) is 5.43. The number of rotatable bonds is 1. The van der Waals surface area contributed by atoms with E-state index >= 15 is 0 Å². The Hall–Kier alpha value is -1.22. The predicted molar refractivity (Wildman–Crippen MR) is 53.5 cm³/mol. The maximum Gasteiger partial charge on any atom is 0.412 e. The molecule has 0 aliphatic carbocycles. The van der Waals surface area contributed by atoms with Crippen LogP contribution in [0.15, 0.2) is 24.3 Å². The van der Waals surface area contributed by atoms with Crippen LogP contribution in [-0.2, 0) is 0 Å². The van der Waals surface area contributed by atoms with E-state index in [1.54, 1.807) is 12.1 Å². The van der Waals surface area contributed by atoms with Crippen LogP contribution in [0.4, 0.5) is 4.79 Å². The Balaban J connectivity index is 0.00000144. The van der Waals surface area contributed by atoms with Crippen LogP contribution in [0.2, 0.25) is 0 Å². The van der Waals surface area contributed by atoms with Gasteiger partial charge in [-0.1, -0.05) is 17.7 Å². The van der Waals surface area contributed by atoms with Crippen LogP contribution in [0.5, 0.6) is 5.75 Å². The number of ether oxygens (including phenoxy) is 1. The summed E-state index contributed by atoms with van der Waals surface area (Å²) in [6.45, 7) is 1.98. The average Bonchev–Trinajstić information content (AvgIpc) is 2.09. The number of aryl methyl sites for hydroxylation is 1. The van der Waals surface area contributed by atoms with Gasteiger partial charge in [-0.25, -0.2) is 4.79 Å². The second-order valence-electron chi connectivity index (χ2n) is 2.45. The fourth-order valence-electron chi connectivity index (χ4n) is 0.764. The van der Waals surface area contributed by atoms with Gasteiger partial charge in [0.2, 0.25) is 0 Å². The van der Waals surface area contributed by atoms with Crippen LogP contribution in [0.25, 0.3) is 0 Å². The van der Waals surface area contributed by atoms with Crippen molar-refractivity contribution in [3.63, 3.8) is 0 Å². The highest BCUT2D eigenvalue weighted by atomic mass is 35.5. The third-order valence-electron chi connectivity index (χ3n) is 1.44. The molecule has 1 aromatic carbocycles. The molecular formula is C9H12ClNO2. The van der Waals surface area contributed by atoms with Crippen molar-refractivity contribution in [3.8, 4) is 5.75 Å². The summed E-state index contributed by atoms with van der Waals surface area (Å²) >= 11 is 0. The van der Waals surface area contributed by atoms with Gasteiger partial charge in [0.1, 0.15) is 5.75 Å². The Morgan fingerprint density at radius 1 is 1.31 bits per heavy atom. The lowest BCUT2D eigenvalue weighted by molar-refractivity contribution is 0.203. The Labute approximate surface area is 83.5 Å². The van der Waals surface area contributed by atoms with E-state index in [-0.39, 0.29) is 12.4 Å². The van der Waals surface area contributed by atoms with Gasteiger partial charge in [0.25, 0.3) is 0 Å². The van der Waals surface area contributed by atoms with Crippen LogP contribution in [0.1, 0.15) is 5.56 Å². The first-order valence-electron chi connectivity index (χ1n) is 3.68. The molecule has 0 bridgehead atoms. The van der Waals surface area contributed by atoms with Crippen molar-refractivity contribution in [1.82, 2.24) is 5.32 Å². The number of hydrogen-bond donors (Lipinski definition) is 1. The van der Waals surface area contributed by atoms with E-state index in [0.29, 0.717) is 5.75 Å². The lowest BCUT2D eigenvalue weighted by atomic mass is 10.2. The van der Waals surface area contributed by atoms with Gasteiger partial charge in [0, 0.05) is 7.05 Å².